The van der Waals surface area contributed by atoms with Gasteiger partial charge in [-0.3, -0.25) is 4.79 Å². The van der Waals surface area contributed by atoms with Crippen LogP contribution in [0.5, 0.6) is 0 Å². The predicted octanol–water partition coefficient (Wildman–Crippen LogP) is 4.18. The van der Waals surface area contributed by atoms with E-state index >= 15 is 0 Å². The Morgan fingerprint density at radius 2 is 2.00 bits per heavy atom. The first-order chi connectivity index (χ1) is 12.4. The van der Waals surface area contributed by atoms with Gasteiger partial charge in [-0.05, 0) is 56.0 Å². The second kappa shape index (κ2) is 7.60. The number of aryl methyl sites for hydroxylation is 1. The summed E-state index contributed by atoms with van der Waals surface area (Å²) in [6.07, 6.45) is 2.23. The maximum atomic E-state index is 12.4. The average Bonchev–Trinajstić information content (AvgIpc) is 2.61. The molecule has 1 saturated heterocycles. The van der Waals surface area contributed by atoms with Crippen molar-refractivity contribution in [2.75, 3.05) is 23.3 Å². The Bertz CT molecular complexity index is 832. The third-order valence-corrected chi connectivity index (χ3v) is 4.76. The minimum Gasteiger partial charge on any atom is -0.478 e. The number of nitrogens with zero attached hydrogens (tertiary/aromatic N) is 1. The second-order valence-corrected chi connectivity index (χ2v) is 7.05. The third kappa shape index (κ3) is 4.04. The molecule has 1 atom stereocenters. The maximum absolute atomic E-state index is 12.4. The van der Waals surface area contributed by atoms with Crippen LogP contribution >= 0.6 is 0 Å². The molecule has 0 saturated carbocycles. The van der Waals surface area contributed by atoms with Gasteiger partial charge in [-0.25, -0.2) is 4.79 Å². The van der Waals surface area contributed by atoms with Gasteiger partial charge in [0.05, 0.1) is 11.3 Å². The Morgan fingerprint density at radius 3 is 2.69 bits per heavy atom. The molecule has 2 aromatic rings. The summed E-state index contributed by atoms with van der Waals surface area (Å²) in [7, 11) is 0. The molecular formula is C21H24N2O3. The lowest BCUT2D eigenvalue weighted by Crippen LogP contribution is -2.35. The number of carbonyl (C=O) groups is 2. The molecule has 0 aromatic heterocycles. The number of hydrogen-bond donors (Lipinski definition) is 2. The standard InChI is InChI=1S/C21H24N2O3/c1-14-5-3-7-16(11-14)20(24)22-17-8-9-19(18(12-17)21(25)26)23-10-4-6-15(2)13-23/h3,5,7-9,11-12,15H,4,6,10,13H2,1-2H3,(H,22,24)(H,25,26). The van der Waals surface area contributed by atoms with Crippen LogP contribution in [-0.4, -0.2) is 30.1 Å². The third-order valence-electron chi connectivity index (χ3n) is 4.76. The van der Waals surface area contributed by atoms with Crippen molar-refractivity contribution in [3.63, 3.8) is 0 Å². The van der Waals surface area contributed by atoms with Crippen LogP contribution in [0.25, 0.3) is 0 Å². The minimum absolute atomic E-state index is 0.223. The zero-order valence-corrected chi connectivity index (χ0v) is 15.2. The van der Waals surface area contributed by atoms with Crippen LogP contribution < -0.4 is 10.2 Å². The van der Waals surface area contributed by atoms with Gasteiger partial charge in [0, 0.05) is 24.3 Å². The Morgan fingerprint density at radius 1 is 1.19 bits per heavy atom. The Labute approximate surface area is 153 Å². The van der Waals surface area contributed by atoms with Crippen LogP contribution in [0, 0.1) is 12.8 Å². The van der Waals surface area contributed by atoms with Crippen molar-refractivity contribution in [2.24, 2.45) is 5.92 Å². The summed E-state index contributed by atoms with van der Waals surface area (Å²) in [4.78, 5) is 26.3. The molecule has 5 nitrogen and oxygen atoms in total. The van der Waals surface area contributed by atoms with Crippen molar-refractivity contribution >= 4 is 23.3 Å². The number of carbonyl (C=O) groups excluding carboxylic acids is 1. The van der Waals surface area contributed by atoms with Gasteiger partial charge >= 0.3 is 5.97 Å². The average molecular weight is 352 g/mol. The molecule has 0 radical (unpaired) electrons. The minimum atomic E-state index is -0.982. The van der Waals surface area contributed by atoms with Gasteiger partial charge in [0.1, 0.15) is 0 Å². The lowest BCUT2D eigenvalue weighted by molar-refractivity contribution is 0.0697. The molecule has 26 heavy (non-hydrogen) atoms. The molecule has 2 aromatic carbocycles. The van der Waals surface area contributed by atoms with Gasteiger partial charge in [0.25, 0.3) is 5.91 Å². The van der Waals surface area contributed by atoms with Crippen molar-refractivity contribution in [1.82, 2.24) is 0 Å². The number of hydrogen-bond acceptors (Lipinski definition) is 3. The fourth-order valence-electron chi connectivity index (χ4n) is 3.46. The first-order valence-corrected chi connectivity index (χ1v) is 8.94. The van der Waals surface area contributed by atoms with Gasteiger partial charge in [-0.1, -0.05) is 24.6 Å². The number of aromatic carboxylic acids is 1. The van der Waals surface area contributed by atoms with Crippen LogP contribution in [0.2, 0.25) is 0 Å². The van der Waals surface area contributed by atoms with Crippen LogP contribution in [-0.2, 0) is 0 Å². The molecule has 3 rings (SSSR count). The van der Waals surface area contributed by atoms with Crippen molar-refractivity contribution < 1.29 is 14.7 Å². The largest absolute Gasteiger partial charge is 0.478 e. The topological polar surface area (TPSA) is 69.6 Å². The summed E-state index contributed by atoms with van der Waals surface area (Å²) < 4.78 is 0. The molecule has 1 aliphatic heterocycles. The Kier molecular flexibility index (Phi) is 5.26. The number of amides is 1. The highest BCUT2D eigenvalue weighted by Crippen LogP contribution is 2.29. The SMILES string of the molecule is Cc1cccc(C(=O)Nc2ccc(N3CCCC(C)C3)c(C(=O)O)c2)c1. The van der Waals surface area contributed by atoms with E-state index in [1.165, 1.54) is 6.42 Å². The fraction of sp³-hybridized carbons (Fsp3) is 0.333. The van der Waals surface area contributed by atoms with E-state index in [4.69, 9.17) is 0 Å². The molecule has 1 amide bonds. The number of piperidine rings is 1. The highest BCUT2D eigenvalue weighted by molar-refractivity contribution is 6.05. The summed E-state index contributed by atoms with van der Waals surface area (Å²) in [5.74, 6) is -0.680. The number of benzene rings is 2. The fourth-order valence-corrected chi connectivity index (χ4v) is 3.46. The quantitative estimate of drug-likeness (QED) is 0.866. The van der Waals surface area contributed by atoms with Crippen molar-refractivity contribution in [2.45, 2.75) is 26.7 Å². The van der Waals surface area contributed by atoms with Gasteiger partial charge in [0.2, 0.25) is 0 Å². The zero-order chi connectivity index (χ0) is 18.7. The molecule has 136 valence electrons. The van der Waals surface area contributed by atoms with Crippen LogP contribution in [0.1, 0.15) is 46.0 Å². The first-order valence-electron chi connectivity index (χ1n) is 8.94. The lowest BCUT2D eigenvalue weighted by atomic mass is 9.98. The van der Waals surface area contributed by atoms with E-state index in [9.17, 15) is 14.7 Å². The monoisotopic (exact) mass is 352 g/mol. The highest BCUT2D eigenvalue weighted by Gasteiger charge is 2.22. The van der Waals surface area contributed by atoms with E-state index in [1.54, 1.807) is 30.3 Å². The van der Waals surface area contributed by atoms with Crippen molar-refractivity contribution in [1.29, 1.82) is 0 Å². The zero-order valence-electron chi connectivity index (χ0n) is 15.2. The van der Waals surface area contributed by atoms with E-state index in [0.717, 1.165) is 30.8 Å². The predicted molar refractivity (Wildman–Crippen MR) is 103 cm³/mol. The molecule has 1 unspecified atom stereocenters. The van der Waals surface area contributed by atoms with Gasteiger partial charge < -0.3 is 15.3 Å². The molecule has 2 N–H and O–H groups in total. The Balaban J connectivity index is 1.84. The number of rotatable bonds is 4. The van der Waals surface area contributed by atoms with Crippen molar-refractivity contribution in [3.8, 4) is 0 Å². The van der Waals surface area contributed by atoms with Gasteiger partial charge in [0.15, 0.2) is 0 Å². The molecule has 0 aliphatic carbocycles. The molecule has 0 spiro atoms. The van der Waals surface area contributed by atoms with E-state index in [2.05, 4.69) is 17.1 Å². The number of anilines is 2. The second-order valence-electron chi connectivity index (χ2n) is 7.05. The van der Waals surface area contributed by atoms with Crippen molar-refractivity contribution in [3.05, 3.63) is 59.2 Å². The maximum Gasteiger partial charge on any atom is 0.337 e. The normalized spacial score (nSPS) is 17.0. The molecule has 0 bridgehead atoms. The number of carboxylic acid groups (broad SMARTS) is 1. The summed E-state index contributed by atoms with van der Waals surface area (Å²) >= 11 is 0. The lowest BCUT2D eigenvalue weighted by Gasteiger charge is -2.33. The highest BCUT2D eigenvalue weighted by atomic mass is 16.4. The van der Waals surface area contributed by atoms with Crippen LogP contribution in [0.4, 0.5) is 11.4 Å². The molecule has 1 aliphatic rings. The first kappa shape index (κ1) is 18.0. The van der Waals surface area contributed by atoms with Gasteiger partial charge in [-0.15, -0.1) is 0 Å². The van der Waals surface area contributed by atoms with E-state index in [0.29, 0.717) is 17.2 Å². The summed E-state index contributed by atoms with van der Waals surface area (Å²) in [5.41, 5.74) is 2.98. The Hall–Kier alpha value is -2.82. The summed E-state index contributed by atoms with van der Waals surface area (Å²) in [5, 5.41) is 12.4. The van der Waals surface area contributed by atoms with Gasteiger partial charge in [-0.2, -0.15) is 0 Å². The number of nitrogens with one attached hydrogen (secondary N) is 1. The smallest absolute Gasteiger partial charge is 0.337 e. The van der Waals surface area contributed by atoms with E-state index in [-0.39, 0.29) is 11.5 Å². The summed E-state index contributed by atoms with van der Waals surface area (Å²) in [6.45, 7) is 5.83. The van der Waals surface area contributed by atoms with Crippen LogP contribution in [0.15, 0.2) is 42.5 Å². The molecule has 1 fully saturated rings. The molecule has 5 heteroatoms. The summed E-state index contributed by atoms with van der Waals surface area (Å²) in [6, 6.07) is 12.4. The molecule has 1 heterocycles. The molecular weight excluding hydrogens is 328 g/mol. The van der Waals surface area contributed by atoms with E-state index < -0.39 is 5.97 Å². The number of carboxylic acids is 1. The van der Waals surface area contributed by atoms with Crippen LogP contribution in [0.3, 0.4) is 0 Å². The van der Waals surface area contributed by atoms with E-state index in [1.807, 2.05) is 19.1 Å².